The van der Waals surface area contributed by atoms with Crippen LogP contribution >= 0.6 is 0 Å². The first-order chi connectivity index (χ1) is 12.0. The predicted molar refractivity (Wildman–Crippen MR) is 93.5 cm³/mol. The van der Waals surface area contributed by atoms with Crippen molar-refractivity contribution in [3.63, 3.8) is 0 Å². The van der Waals surface area contributed by atoms with Crippen molar-refractivity contribution in [3.8, 4) is 0 Å². The van der Waals surface area contributed by atoms with E-state index in [9.17, 15) is 14.4 Å². The number of amides is 2. The van der Waals surface area contributed by atoms with E-state index in [1.165, 1.54) is 4.90 Å². The van der Waals surface area contributed by atoms with Gasteiger partial charge in [-0.2, -0.15) is 0 Å². The summed E-state index contributed by atoms with van der Waals surface area (Å²) in [7, 11) is 0. The molecule has 0 radical (unpaired) electrons. The standard InChI is InChI=1S/C19H18N2O4/c1-12-4-2-3-5-16(12)21-17(22)11-15(19(21)25)20-14-8-6-13(7-9-14)10-18(23)24/h2-9,15,20H,10-11H2,1H3,(H,23,24)/t15-/m0/s1. The highest BCUT2D eigenvalue weighted by molar-refractivity contribution is 6.23. The summed E-state index contributed by atoms with van der Waals surface area (Å²) >= 11 is 0. The number of carbonyl (C=O) groups excluding carboxylic acids is 2. The second-order valence-electron chi connectivity index (χ2n) is 6.02. The minimum Gasteiger partial charge on any atom is -0.481 e. The number of hydrogen-bond donors (Lipinski definition) is 2. The second kappa shape index (κ2) is 6.76. The van der Waals surface area contributed by atoms with Crippen LogP contribution in [0.3, 0.4) is 0 Å². The van der Waals surface area contributed by atoms with Gasteiger partial charge in [-0.25, -0.2) is 4.90 Å². The van der Waals surface area contributed by atoms with Crippen LogP contribution in [0, 0.1) is 6.92 Å². The van der Waals surface area contributed by atoms with Gasteiger partial charge >= 0.3 is 5.97 Å². The predicted octanol–water partition coefficient (Wildman–Crippen LogP) is 2.37. The quantitative estimate of drug-likeness (QED) is 0.817. The molecule has 1 heterocycles. The monoisotopic (exact) mass is 338 g/mol. The van der Waals surface area contributed by atoms with Gasteiger partial charge in [0.2, 0.25) is 5.91 Å². The average Bonchev–Trinajstić information content (AvgIpc) is 2.83. The SMILES string of the molecule is Cc1ccccc1N1C(=O)C[C@H](Nc2ccc(CC(=O)O)cc2)C1=O. The first-order valence-electron chi connectivity index (χ1n) is 7.95. The molecular weight excluding hydrogens is 320 g/mol. The summed E-state index contributed by atoms with van der Waals surface area (Å²) in [5.41, 5.74) is 2.82. The van der Waals surface area contributed by atoms with Crippen LogP contribution in [-0.2, 0) is 20.8 Å². The largest absolute Gasteiger partial charge is 0.481 e. The highest BCUT2D eigenvalue weighted by Gasteiger charge is 2.40. The molecule has 0 bridgehead atoms. The van der Waals surface area contributed by atoms with Crippen molar-refractivity contribution in [2.75, 3.05) is 10.2 Å². The molecule has 2 N–H and O–H groups in total. The maximum atomic E-state index is 12.7. The lowest BCUT2D eigenvalue weighted by molar-refractivity contribution is -0.136. The summed E-state index contributed by atoms with van der Waals surface area (Å²) in [6.45, 7) is 1.86. The molecule has 1 saturated heterocycles. The van der Waals surface area contributed by atoms with Gasteiger partial charge in [0, 0.05) is 5.69 Å². The number of imide groups is 1. The lowest BCUT2D eigenvalue weighted by Gasteiger charge is -2.18. The summed E-state index contributed by atoms with van der Waals surface area (Å²) in [5, 5.41) is 11.8. The van der Waals surface area contributed by atoms with Crippen LogP contribution < -0.4 is 10.2 Å². The molecule has 1 aliphatic heterocycles. The van der Waals surface area contributed by atoms with Gasteiger partial charge in [-0.05, 0) is 36.2 Å². The number of benzene rings is 2. The highest BCUT2D eigenvalue weighted by Crippen LogP contribution is 2.27. The zero-order valence-electron chi connectivity index (χ0n) is 13.7. The van der Waals surface area contributed by atoms with E-state index in [1.54, 1.807) is 36.4 Å². The molecule has 128 valence electrons. The Morgan fingerprint density at radius 3 is 2.48 bits per heavy atom. The van der Waals surface area contributed by atoms with Crippen molar-refractivity contribution < 1.29 is 19.5 Å². The molecule has 6 heteroatoms. The maximum absolute atomic E-state index is 12.7. The van der Waals surface area contributed by atoms with Gasteiger partial charge < -0.3 is 10.4 Å². The molecule has 1 aliphatic rings. The van der Waals surface area contributed by atoms with E-state index >= 15 is 0 Å². The molecule has 6 nitrogen and oxygen atoms in total. The van der Waals surface area contributed by atoms with Gasteiger partial charge in [0.15, 0.2) is 0 Å². The summed E-state index contributed by atoms with van der Waals surface area (Å²) in [5.74, 6) is -1.42. The van der Waals surface area contributed by atoms with Gasteiger partial charge in [0.05, 0.1) is 18.5 Å². The minimum absolute atomic E-state index is 0.0534. The molecule has 0 unspecified atom stereocenters. The number of rotatable bonds is 5. The van der Waals surface area contributed by atoms with E-state index in [-0.39, 0.29) is 24.7 Å². The van der Waals surface area contributed by atoms with E-state index in [1.807, 2.05) is 19.1 Å². The number of nitrogens with zero attached hydrogens (tertiary/aromatic N) is 1. The zero-order valence-corrected chi connectivity index (χ0v) is 13.7. The van der Waals surface area contributed by atoms with Crippen LogP contribution in [-0.4, -0.2) is 28.9 Å². The number of aryl methyl sites for hydroxylation is 1. The fourth-order valence-electron chi connectivity index (χ4n) is 2.91. The Labute approximate surface area is 145 Å². The van der Waals surface area contributed by atoms with E-state index in [0.29, 0.717) is 16.9 Å². The molecule has 0 saturated carbocycles. The number of hydrogen-bond acceptors (Lipinski definition) is 4. The fraction of sp³-hybridized carbons (Fsp3) is 0.211. The number of carboxylic acids is 1. The summed E-state index contributed by atoms with van der Waals surface area (Å²) in [6, 6.07) is 13.5. The van der Waals surface area contributed by atoms with Gasteiger partial charge in [-0.3, -0.25) is 14.4 Å². The van der Waals surface area contributed by atoms with Crippen LogP contribution in [0.25, 0.3) is 0 Å². The Balaban J connectivity index is 1.74. The molecular formula is C19H18N2O4. The number of nitrogens with one attached hydrogen (secondary N) is 1. The number of carbonyl (C=O) groups is 3. The van der Waals surface area contributed by atoms with Crippen molar-refractivity contribution in [2.24, 2.45) is 0 Å². The molecule has 2 aromatic rings. The van der Waals surface area contributed by atoms with Crippen LogP contribution in [0.4, 0.5) is 11.4 Å². The summed E-state index contributed by atoms with van der Waals surface area (Å²) in [6.07, 6.45) is 0.0340. The number of para-hydroxylation sites is 1. The third kappa shape index (κ3) is 3.52. The number of anilines is 2. The van der Waals surface area contributed by atoms with Crippen LogP contribution in [0.5, 0.6) is 0 Å². The Bertz CT molecular complexity index is 830. The molecule has 25 heavy (non-hydrogen) atoms. The topological polar surface area (TPSA) is 86.7 Å². The Morgan fingerprint density at radius 2 is 1.84 bits per heavy atom. The zero-order chi connectivity index (χ0) is 18.0. The van der Waals surface area contributed by atoms with Gasteiger partial charge in [0.1, 0.15) is 6.04 Å². The third-order valence-electron chi connectivity index (χ3n) is 4.15. The molecule has 1 fully saturated rings. The fourth-order valence-corrected chi connectivity index (χ4v) is 2.91. The molecule has 0 aromatic heterocycles. The van der Waals surface area contributed by atoms with E-state index in [4.69, 9.17) is 5.11 Å². The van der Waals surface area contributed by atoms with Gasteiger partial charge in [0.25, 0.3) is 5.91 Å². The molecule has 0 aliphatic carbocycles. The Morgan fingerprint density at radius 1 is 1.16 bits per heavy atom. The van der Waals surface area contributed by atoms with Gasteiger partial charge in [-0.15, -0.1) is 0 Å². The van der Waals surface area contributed by atoms with Gasteiger partial charge in [-0.1, -0.05) is 30.3 Å². The molecule has 1 atom stereocenters. The van der Waals surface area contributed by atoms with E-state index in [0.717, 1.165) is 5.56 Å². The lowest BCUT2D eigenvalue weighted by Crippen LogP contribution is -2.35. The molecule has 0 spiro atoms. The second-order valence-corrected chi connectivity index (χ2v) is 6.02. The van der Waals surface area contributed by atoms with Crippen LogP contribution in [0.2, 0.25) is 0 Å². The van der Waals surface area contributed by atoms with E-state index < -0.39 is 12.0 Å². The third-order valence-corrected chi connectivity index (χ3v) is 4.15. The Hall–Kier alpha value is -3.15. The van der Waals surface area contributed by atoms with Crippen LogP contribution in [0.15, 0.2) is 48.5 Å². The van der Waals surface area contributed by atoms with Crippen LogP contribution in [0.1, 0.15) is 17.5 Å². The normalized spacial score (nSPS) is 17.0. The molecule has 2 amide bonds. The van der Waals surface area contributed by atoms with Crippen molar-refractivity contribution in [2.45, 2.75) is 25.8 Å². The van der Waals surface area contributed by atoms with Crippen molar-refractivity contribution in [3.05, 3.63) is 59.7 Å². The van der Waals surface area contributed by atoms with E-state index in [2.05, 4.69) is 5.32 Å². The summed E-state index contributed by atoms with van der Waals surface area (Å²) in [4.78, 5) is 36.9. The highest BCUT2D eigenvalue weighted by atomic mass is 16.4. The number of aliphatic carboxylic acids is 1. The molecule has 2 aromatic carbocycles. The maximum Gasteiger partial charge on any atom is 0.307 e. The average molecular weight is 338 g/mol. The van der Waals surface area contributed by atoms with Crippen molar-refractivity contribution in [1.29, 1.82) is 0 Å². The Kier molecular flexibility index (Phi) is 4.52. The van der Waals surface area contributed by atoms with Crippen molar-refractivity contribution >= 4 is 29.2 Å². The first-order valence-corrected chi connectivity index (χ1v) is 7.95. The number of carboxylic acid groups (broad SMARTS) is 1. The first kappa shape index (κ1) is 16.7. The van der Waals surface area contributed by atoms with Crippen molar-refractivity contribution in [1.82, 2.24) is 0 Å². The lowest BCUT2D eigenvalue weighted by atomic mass is 10.1. The summed E-state index contributed by atoms with van der Waals surface area (Å²) < 4.78 is 0. The minimum atomic E-state index is -0.897. The smallest absolute Gasteiger partial charge is 0.307 e. The molecule has 3 rings (SSSR count).